The molecule has 0 saturated carbocycles. The average Bonchev–Trinajstić information content (AvgIpc) is 2.25. The van der Waals surface area contributed by atoms with Gasteiger partial charge < -0.3 is 10.6 Å². The van der Waals surface area contributed by atoms with E-state index in [1.807, 2.05) is 12.1 Å². The summed E-state index contributed by atoms with van der Waals surface area (Å²) in [6.07, 6.45) is 2.96. The Kier molecular flexibility index (Phi) is 4.40. The quantitative estimate of drug-likeness (QED) is 0.806. The van der Waals surface area contributed by atoms with Gasteiger partial charge in [-0.15, -0.1) is 0 Å². The zero-order valence-corrected chi connectivity index (χ0v) is 9.90. The highest BCUT2D eigenvalue weighted by Crippen LogP contribution is 2.16. The summed E-state index contributed by atoms with van der Waals surface area (Å²) in [6, 6.07) is 3.76. The lowest BCUT2D eigenvalue weighted by atomic mass is 10.1. The molecule has 2 N–H and O–H groups in total. The van der Waals surface area contributed by atoms with Crippen LogP contribution in [0, 0.1) is 5.92 Å². The number of nitrogens with two attached hydrogens (primary N) is 1. The summed E-state index contributed by atoms with van der Waals surface area (Å²) in [7, 11) is 0. The van der Waals surface area contributed by atoms with Gasteiger partial charge in [0.05, 0.1) is 0 Å². The number of pyridine rings is 1. The average molecular weight is 207 g/mol. The summed E-state index contributed by atoms with van der Waals surface area (Å²) in [4.78, 5) is 6.61. The lowest BCUT2D eigenvalue weighted by Gasteiger charge is -2.25. The third kappa shape index (κ3) is 3.42. The van der Waals surface area contributed by atoms with Crippen LogP contribution in [0.15, 0.2) is 18.3 Å². The lowest BCUT2D eigenvalue weighted by molar-refractivity contribution is 0.545. The zero-order valence-electron chi connectivity index (χ0n) is 9.90. The third-order valence-corrected chi connectivity index (χ3v) is 2.70. The normalized spacial score (nSPS) is 12.5. The van der Waals surface area contributed by atoms with Gasteiger partial charge >= 0.3 is 0 Å². The van der Waals surface area contributed by atoms with Crippen molar-refractivity contribution in [3.05, 3.63) is 18.3 Å². The van der Waals surface area contributed by atoms with Crippen LogP contribution in [0.3, 0.4) is 0 Å². The van der Waals surface area contributed by atoms with E-state index in [4.69, 9.17) is 5.73 Å². The molecular weight excluding hydrogens is 186 g/mol. The minimum absolute atomic E-state index is 0.688. The van der Waals surface area contributed by atoms with Crippen LogP contribution in [0.25, 0.3) is 0 Å². The second kappa shape index (κ2) is 5.59. The molecule has 1 atom stereocenters. The highest BCUT2D eigenvalue weighted by molar-refractivity contribution is 5.50. The second-order valence-electron chi connectivity index (χ2n) is 4.00. The molecule has 3 nitrogen and oxygen atoms in total. The summed E-state index contributed by atoms with van der Waals surface area (Å²) < 4.78 is 0. The van der Waals surface area contributed by atoms with E-state index in [9.17, 15) is 0 Å². The van der Waals surface area contributed by atoms with Crippen molar-refractivity contribution in [2.24, 2.45) is 5.92 Å². The molecule has 0 aliphatic carbocycles. The van der Waals surface area contributed by atoms with E-state index in [0.717, 1.165) is 24.6 Å². The van der Waals surface area contributed by atoms with Gasteiger partial charge in [-0.25, -0.2) is 4.98 Å². The molecule has 0 amide bonds. The first-order chi connectivity index (χ1) is 7.17. The highest BCUT2D eigenvalue weighted by atomic mass is 15.2. The van der Waals surface area contributed by atoms with Crippen molar-refractivity contribution >= 4 is 11.5 Å². The van der Waals surface area contributed by atoms with Crippen LogP contribution in [-0.2, 0) is 0 Å². The predicted molar refractivity (Wildman–Crippen MR) is 66.0 cm³/mol. The maximum absolute atomic E-state index is 5.75. The second-order valence-corrected chi connectivity index (χ2v) is 4.00. The van der Waals surface area contributed by atoms with Gasteiger partial charge in [-0.2, -0.15) is 0 Å². The molecule has 0 spiro atoms. The molecule has 0 aliphatic heterocycles. The summed E-state index contributed by atoms with van der Waals surface area (Å²) >= 11 is 0. The molecule has 84 valence electrons. The third-order valence-electron chi connectivity index (χ3n) is 2.70. The zero-order chi connectivity index (χ0) is 11.3. The smallest absolute Gasteiger partial charge is 0.130 e. The summed E-state index contributed by atoms with van der Waals surface area (Å²) in [5.74, 6) is 1.67. The topological polar surface area (TPSA) is 42.1 Å². The van der Waals surface area contributed by atoms with Crippen LogP contribution in [-0.4, -0.2) is 18.1 Å². The standard InChI is InChI=1S/C12H21N3/c1-4-10(3)9-15(5-2)12-8-11(13)6-7-14-12/h6-8,10H,4-5,9H2,1-3H3,(H2,13,14). The minimum atomic E-state index is 0.688. The number of hydrogen-bond donors (Lipinski definition) is 1. The maximum atomic E-state index is 5.75. The van der Waals surface area contributed by atoms with Gasteiger partial charge in [-0.1, -0.05) is 20.3 Å². The maximum Gasteiger partial charge on any atom is 0.130 e. The number of nitrogen functional groups attached to an aromatic ring is 1. The molecule has 0 aliphatic rings. The van der Waals surface area contributed by atoms with Crippen LogP contribution in [0.4, 0.5) is 11.5 Å². The van der Waals surface area contributed by atoms with Crippen LogP contribution in [0.1, 0.15) is 27.2 Å². The Morgan fingerprint density at radius 2 is 2.20 bits per heavy atom. The lowest BCUT2D eigenvalue weighted by Crippen LogP contribution is -2.28. The van der Waals surface area contributed by atoms with Crippen molar-refractivity contribution in [3.63, 3.8) is 0 Å². The molecule has 0 radical (unpaired) electrons. The Morgan fingerprint density at radius 3 is 2.73 bits per heavy atom. The number of anilines is 2. The van der Waals surface area contributed by atoms with E-state index < -0.39 is 0 Å². The molecule has 1 heterocycles. The van der Waals surface area contributed by atoms with Crippen LogP contribution in [0.5, 0.6) is 0 Å². The Bertz CT molecular complexity index is 299. The van der Waals surface area contributed by atoms with Crippen molar-refractivity contribution in [2.45, 2.75) is 27.2 Å². The fourth-order valence-electron chi connectivity index (χ4n) is 1.50. The Balaban J connectivity index is 2.73. The van der Waals surface area contributed by atoms with Crippen molar-refractivity contribution in [1.29, 1.82) is 0 Å². The molecule has 1 aromatic rings. The van der Waals surface area contributed by atoms with Gasteiger partial charge in [0.15, 0.2) is 0 Å². The van der Waals surface area contributed by atoms with Crippen LogP contribution in [0.2, 0.25) is 0 Å². The summed E-state index contributed by atoms with van der Waals surface area (Å²) in [5.41, 5.74) is 6.53. The molecule has 0 aromatic carbocycles. The number of rotatable bonds is 5. The first-order valence-corrected chi connectivity index (χ1v) is 5.63. The molecule has 0 saturated heterocycles. The van der Waals surface area contributed by atoms with Crippen molar-refractivity contribution in [1.82, 2.24) is 4.98 Å². The number of nitrogens with zero attached hydrogens (tertiary/aromatic N) is 2. The minimum Gasteiger partial charge on any atom is -0.399 e. The van der Waals surface area contributed by atoms with E-state index in [2.05, 4.69) is 30.7 Å². The van der Waals surface area contributed by atoms with Gasteiger partial charge in [0, 0.05) is 31.0 Å². The highest BCUT2D eigenvalue weighted by Gasteiger charge is 2.09. The molecule has 3 heteroatoms. The SMILES string of the molecule is CCC(C)CN(CC)c1cc(N)ccn1. The summed E-state index contributed by atoms with van der Waals surface area (Å²) in [6.45, 7) is 8.64. The predicted octanol–water partition coefficient (Wildman–Crippen LogP) is 2.54. The van der Waals surface area contributed by atoms with Gasteiger partial charge in [-0.3, -0.25) is 0 Å². The monoisotopic (exact) mass is 207 g/mol. The Morgan fingerprint density at radius 1 is 1.47 bits per heavy atom. The number of aromatic nitrogens is 1. The van der Waals surface area contributed by atoms with Gasteiger partial charge in [0.1, 0.15) is 5.82 Å². The largest absolute Gasteiger partial charge is 0.399 e. The van der Waals surface area contributed by atoms with E-state index in [1.165, 1.54) is 6.42 Å². The van der Waals surface area contributed by atoms with E-state index in [1.54, 1.807) is 6.20 Å². The number of hydrogen-bond acceptors (Lipinski definition) is 3. The molecule has 15 heavy (non-hydrogen) atoms. The fourth-order valence-corrected chi connectivity index (χ4v) is 1.50. The first-order valence-electron chi connectivity index (χ1n) is 5.63. The van der Waals surface area contributed by atoms with E-state index in [0.29, 0.717) is 5.92 Å². The van der Waals surface area contributed by atoms with Crippen molar-refractivity contribution in [2.75, 3.05) is 23.7 Å². The fraction of sp³-hybridized carbons (Fsp3) is 0.583. The van der Waals surface area contributed by atoms with Gasteiger partial charge in [0.25, 0.3) is 0 Å². The van der Waals surface area contributed by atoms with Crippen LogP contribution >= 0.6 is 0 Å². The van der Waals surface area contributed by atoms with E-state index in [-0.39, 0.29) is 0 Å². The Labute approximate surface area is 92.3 Å². The molecule has 0 bridgehead atoms. The van der Waals surface area contributed by atoms with E-state index >= 15 is 0 Å². The first kappa shape index (κ1) is 11.8. The van der Waals surface area contributed by atoms with Crippen molar-refractivity contribution in [3.8, 4) is 0 Å². The van der Waals surface area contributed by atoms with Crippen molar-refractivity contribution < 1.29 is 0 Å². The van der Waals surface area contributed by atoms with Gasteiger partial charge in [-0.05, 0) is 18.9 Å². The molecule has 0 fully saturated rings. The van der Waals surface area contributed by atoms with Crippen LogP contribution < -0.4 is 10.6 Å². The molecule has 1 rings (SSSR count). The summed E-state index contributed by atoms with van der Waals surface area (Å²) in [5, 5.41) is 0. The molecular formula is C12H21N3. The van der Waals surface area contributed by atoms with Gasteiger partial charge in [0.2, 0.25) is 0 Å². The Hall–Kier alpha value is -1.25. The molecule has 1 unspecified atom stereocenters. The molecule has 1 aromatic heterocycles.